The van der Waals surface area contributed by atoms with Gasteiger partial charge in [-0.25, -0.2) is 9.59 Å². The Bertz CT molecular complexity index is 829. The number of carbonyl (C=O) groups is 3. The molecule has 1 aromatic rings. The van der Waals surface area contributed by atoms with Gasteiger partial charge in [-0.3, -0.25) is 9.69 Å². The van der Waals surface area contributed by atoms with Crippen molar-refractivity contribution in [3.63, 3.8) is 0 Å². The Morgan fingerprint density at radius 3 is 2.89 bits per heavy atom. The number of urea groups is 2. The molecule has 0 aromatic heterocycles. The lowest BCUT2D eigenvalue weighted by atomic mass is 10.00. The summed E-state index contributed by atoms with van der Waals surface area (Å²) in [5.74, 6) is 0.638. The molecule has 2 fully saturated rings. The summed E-state index contributed by atoms with van der Waals surface area (Å²) in [6, 6.07) is 5.22. The fraction of sp³-hybridized carbons (Fsp3) is 0.526. The van der Waals surface area contributed by atoms with E-state index >= 15 is 0 Å². The molecular weight excluding hydrogens is 362 g/mol. The third-order valence-electron chi connectivity index (χ3n) is 5.68. The van der Waals surface area contributed by atoms with Crippen LogP contribution in [0.15, 0.2) is 18.2 Å². The maximum Gasteiger partial charge on any atom is 0.323 e. The normalized spacial score (nSPS) is 24.5. The van der Waals surface area contributed by atoms with Gasteiger partial charge in [0.2, 0.25) is 5.91 Å². The number of ether oxygens (including phenoxy) is 1. The number of hydrogen-bond donors (Lipinski definition) is 2. The number of amides is 5. The first kappa shape index (κ1) is 18.4. The number of rotatable bonds is 4. The molecule has 9 nitrogen and oxygen atoms in total. The van der Waals surface area contributed by atoms with Crippen molar-refractivity contribution in [2.45, 2.75) is 38.1 Å². The highest BCUT2D eigenvalue weighted by Gasteiger charge is 2.52. The molecule has 2 N–H and O–H groups in total. The van der Waals surface area contributed by atoms with Crippen LogP contribution in [0.4, 0.5) is 9.59 Å². The molecule has 3 aliphatic heterocycles. The third-order valence-corrected chi connectivity index (χ3v) is 5.68. The average molecular weight is 387 g/mol. The van der Waals surface area contributed by atoms with Crippen molar-refractivity contribution in [2.24, 2.45) is 0 Å². The van der Waals surface area contributed by atoms with Gasteiger partial charge in [0.1, 0.15) is 24.6 Å². The first-order valence-corrected chi connectivity index (χ1v) is 9.48. The average Bonchev–Trinajstić information content (AvgIpc) is 3.11. The SMILES string of the molecule is CC(NC(=O)CN1C(=O)NC2C1N(C)C(=O)N2C)c1ccc2c(c1)CCCO2. The molecule has 3 aliphatic rings. The molecule has 0 radical (unpaired) electrons. The van der Waals surface area contributed by atoms with Crippen molar-refractivity contribution < 1.29 is 19.1 Å². The van der Waals surface area contributed by atoms with Gasteiger partial charge in [0.15, 0.2) is 0 Å². The molecule has 0 saturated carbocycles. The molecule has 0 aliphatic carbocycles. The minimum absolute atomic E-state index is 0.114. The second-order valence-corrected chi connectivity index (χ2v) is 7.55. The van der Waals surface area contributed by atoms with Crippen LogP contribution in [0.3, 0.4) is 0 Å². The molecule has 3 atom stereocenters. The van der Waals surface area contributed by atoms with E-state index in [0.29, 0.717) is 0 Å². The molecule has 28 heavy (non-hydrogen) atoms. The smallest absolute Gasteiger partial charge is 0.323 e. The van der Waals surface area contributed by atoms with Crippen molar-refractivity contribution in [3.8, 4) is 5.75 Å². The van der Waals surface area contributed by atoms with Crippen molar-refractivity contribution in [1.82, 2.24) is 25.3 Å². The summed E-state index contributed by atoms with van der Waals surface area (Å²) in [5, 5.41) is 5.71. The summed E-state index contributed by atoms with van der Waals surface area (Å²) < 4.78 is 5.63. The van der Waals surface area contributed by atoms with Crippen molar-refractivity contribution >= 4 is 18.0 Å². The number of benzene rings is 1. The Kier molecular flexibility index (Phi) is 4.52. The number of hydrogen-bond acceptors (Lipinski definition) is 4. The quantitative estimate of drug-likeness (QED) is 0.801. The number of nitrogens with zero attached hydrogens (tertiary/aromatic N) is 3. The fourth-order valence-electron chi connectivity index (χ4n) is 4.11. The van der Waals surface area contributed by atoms with Gasteiger partial charge >= 0.3 is 12.1 Å². The van der Waals surface area contributed by atoms with Gasteiger partial charge in [-0.05, 0) is 37.0 Å². The van der Waals surface area contributed by atoms with E-state index in [9.17, 15) is 14.4 Å². The summed E-state index contributed by atoms with van der Waals surface area (Å²) in [6.45, 7) is 2.54. The predicted molar refractivity (Wildman–Crippen MR) is 101 cm³/mol. The van der Waals surface area contributed by atoms with Crippen LogP contribution in [0.25, 0.3) is 0 Å². The summed E-state index contributed by atoms with van der Waals surface area (Å²) in [5.41, 5.74) is 2.15. The highest BCUT2D eigenvalue weighted by molar-refractivity contribution is 5.88. The maximum absolute atomic E-state index is 12.6. The number of likely N-dealkylation sites (N-methyl/N-ethyl adjacent to an activating group) is 2. The van der Waals surface area contributed by atoms with Crippen LogP contribution in [-0.2, 0) is 11.2 Å². The minimum atomic E-state index is -0.494. The first-order valence-electron chi connectivity index (χ1n) is 9.48. The fourth-order valence-corrected chi connectivity index (χ4v) is 4.11. The van der Waals surface area contributed by atoms with Crippen LogP contribution in [0.5, 0.6) is 5.75 Å². The standard InChI is InChI=1S/C19H25N5O4/c1-11(12-6-7-14-13(9-12)5-4-8-28-14)20-15(25)10-24-17-16(21-18(24)26)22(2)19(27)23(17)3/h6-7,9,11,16-17H,4-5,8,10H2,1-3H3,(H,20,25)(H,21,26). The summed E-state index contributed by atoms with van der Waals surface area (Å²) in [4.78, 5) is 41.3. The van der Waals surface area contributed by atoms with Crippen LogP contribution in [0.2, 0.25) is 0 Å². The van der Waals surface area contributed by atoms with Gasteiger partial charge in [0.05, 0.1) is 12.6 Å². The Balaban J connectivity index is 1.41. The lowest BCUT2D eigenvalue weighted by Gasteiger charge is -2.27. The zero-order valence-electron chi connectivity index (χ0n) is 16.3. The largest absolute Gasteiger partial charge is 0.493 e. The Morgan fingerprint density at radius 1 is 1.32 bits per heavy atom. The Morgan fingerprint density at radius 2 is 2.11 bits per heavy atom. The number of carbonyl (C=O) groups excluding carboxylic acids is 3. The zero-order valence-corrected chi connectivity index (χ0v) is 16.3. The first-order chi connectivity index (χ1) is 13.4. The van der Waals surface area contributed by atoms with E-state index in [1.54, 1.807) is 14.1 Å². The van der Waals surface area contributed by atoms with Crippen LogP contribution in [0.1, 0.15) is 30.5 Å². The Labute approximate surface area is 163 Å². The lowest BCUT2D eigenvalue weighted by Crippen LogP contribution is -2.48. The van der Waals surface area contributed by atoms with Gasteiger partial charge < -0.3 is 25.2 Å². The second-order valence-electron chi connectivity index (χ2n) is 7.55. The van der Waals surface area contributed by atoms with Gasteiger partial charge in [0, 0.05) is 14.1 Å². The predicted octanol–water partition coefficient (Wildman–Crippen LogP) is 0.863. The van der Waals surface area contributed by atoms with Gasteiger partial charge in [-0.2, -0.15) is 0 Å². The van der Waals surface area contributed by atoms with Crippen LogP contribution < -0.4 is 15.4 Å². The highest BCUT2D eigenvalue weighted by Crippen LogP contribution is 2.28. The van der Waals surface area contributed by atoms with Crippen molar-refractivity contribution in [3.05, 3.63) is 29.3 Å². The van der Waals surface area contributed by atoms with Crippen molar-refractivity contribution in [1.29, 1.82) is 0 Å². The van der Waals surface area contributed by atoms with E-state index in [2.05, 4.69) is 16.7 Å². The van der Waals surface area contributed by atoms with E-state index in [1.165, 1.54) is 14.7 Å². The maximum atomic E-state index is 12.6. The highest BCUT2D eigenvalue weighted by atomic mass is 16.5. The van der Waals surface area contributed by atoms with E-state index in [4.69, 9.17) is 4.74 Å². The van der Waals surface area contributed by atoms with Gasteiger partial charge in [0.25, 0.3) is 0 Å². The molecule has 9 heteroatoms. The monoisotopic (exact) mass is 387 g/mol. The lowest BCUT2D eigenvalue weighted by molar-refractivity contribution is -0.122. The van der Waals surface area contributed by atoms with Crippen LogP contribution in [-0.4, -0.2) is 72.2 Å². The topological polar surface area (TPSA) is 94.2 Å². The van der Waals surface area contributed by atoms with Gasteiger partial charge in [-0.1, -0.05) is 12.1 Å². The second kappa shape index (κ2) is 6.88. The van der Waals surface area contributed by atoms with Gasteiger partial charge in [-0.15, -0.1) is 0 Å². The number of nitrogens with one attached hydrogen (secondary N) is 2. The molecular formula is C19H25N5O4. The summed E-state index contributed by atoms with van der Waals surface area (Å²) in [7, 11) is 3.27. The van der Waals surface area contributed by atoms with Crippen molar-refractivity contribution in [2.75, 3.05) is 27.2 Å². The summed E-state index contributed by atoms with van der Waals surface area (Å²) >= 11 is 0. The van der Waals surface area contributed by atoms with E-state index in [0.717, 1.165) is 36.3 Å². The van der Waals surface area contributed by atoms with E-state index < -0.39 is 12.3 Å². The molecule has 2 saturated heterocycles. The zero-order chi connectivity index (χ0) is 20.0. The molecule has 1 aromatic carbocycles. The summed E-state index contributed by atoms with van der Waals surface area (Å²) in [6.07, 6.45) is 1.02. The Hall–Kier alpha value is -2.97. The molecule has 3 heterocycles. The molecule has 3 unspecified atom stereocenters. The third kappa shape index (κ3) is 3.00. The molecule has 0 bridgehead atoms. The molecule has 0 spiro atoms. The van der Waals surface area contributed by atoms with Crippen LogP contribution >= 0.6 is 0 Å². The molecule has 5 amide bonds. The minimum Gasteiger partial charge on any atom is -0.493 e. The number of aryl methyl sites for hydroxylation is 1. The van der Waals surface area contributed by atoms with E-state index in [-0.39, 0.29) is 30.6 Å². The van der Waals surface area contributed by atoms with E-state index in [1.807, 2.05) is 19.1 Å². The van der Waals surface area contributed by atoms with Crippen LogP contribution in [0, 0.1) is 0 Å². The molecule has 4 rings (SSSR count). The number of fused-ring (bicyclic) bond motifs is 2. The molecule has 150 valence electrons.